The van der Waals surface area contributed by atoms with Crippen molar-refractivity contribution in [1.29, 1.82) is 0 Å². The van der Waals surface area contributed by atoms with Gasteiger partial charge in [0.2, 0.25) is 0 Å². The predicted octanol–water partition coefficient (Wildman–Crippen LogP) is 2.87. The molecule has 1 aliphatic rings. The van der Waals surface area contributed by atoms with Crippen molar-refractivity contribution in [3.63, 3.8) is 0 Å². The molecule has 1 fully saturated rings. The molecule has 8 nitrogen and oxygen atoms in total. The third kappa shape index (κ3) is 6.60. The standard InChI is InChI=1S/C22H28N2O6S/c1-3-28-18-8-6-17(7-9-18)24-31(26,27)20-10-11-21(16(2)13-20)30-15-22(25)23-14-19-5-4-12-29-19/h6-11,13,19,24H,3-5,12,14-15H2,1-2H3,(H,23,25)/t19-/m0/s1. The zero-order chi connectivity index (χ0) is 22.3. The van der Waals surface area contributed by atoms with Crippen LogP contribution >= 0.6 is 0 Å². The van der Waals surface area contributed by atoms with Crippen LogP contribution in [0.2, 0.25) is 0 Å². The van der Waals surface area contributed by atoms with Gasteiger partial charge in [-0.15, -0.1) is 0 Å². The van der Waals surface area contributed by atoms with E-state index in [2.05, 4.69) is 10.0 Å². The van der Waals surface area contributed by atoms with Crippen molar-refractivity contribution in [3.8, 4) is 11.5 Å². The molecule has 2 aromatic rings. The summed E-state index contributed by atoms with van der Waals surface area (Å²) in [6.07, 6.45) is 2.03. The molecule has 1 aliphatic heterocycles. The highest BCUT2D eigenvalue weighted by Gasteiger charge is 2.18. The third-order valence-electron chi connectivity index (χ3n) is 4.78. The number of rotatable bonds is 10. The molecule has 0 radical (unpaired) electrons. The summed E-state index contributed by atoms with van der Waals surface area (Å²) in [6.45, 7) is 5.20. The molecule has 31 heavy (non-hydrogen) atoms. The Morgan fingerprint density at radius 2 is 1.94 bits per heavy atom. The Morgan fingerprint density at radius 1 is 1.16 bits per heavy atom. The van der Waals surface area contributed by atoms with Crippen LogP contribution in [0.1, 0.15) is 25.3 Å². The third-order valence-corrected chi connectivity index (χ3v) is 6.16. The van der Waals surface area contributed by atoms with E-state index in [1.807, 2.05) is 6.92 Å². The minimum Gasteiger partial charge on any atom is -0.494 e. The second-order valence-electron chi connectivity index (χ2n) is 7.22. The lowest BCUT2D eigenvalue weighted by atomic mass is 10.2. The molecular weight excluding hydrogens is 420 g/mol. The summed E-state index contributed by atoms with van der Waals surface area (Å²) >= 11 is 0. The number of sulfonamides is 1. The van der Waals surface area contributed by atoms with Gasteiger partial charge in [0.05, 0.1) is 17.6 Å². The lowest BCUT2D eigenvalue weighted by Gasteiger charge is -2.14. The van der Waals surface area contributed by atoms with Crippen LogP contribution in [0, 0.1) is 6.92 Å². The van der Waals surface area contributed by atoms with E-state index >= 15 is 0 Å². The lowest BCUT2D eigenvalue weighted by Crippen LogP contribution is -2.35. The normalized spacial score (nSPS) is 16.0. The Kier molecular flexibility index (Phi) is 7.75. The minimum atomic E-state index is -3.77. The topological polar surface area (TPSA) is 103 Å². The van der Waals surface area contributed by atoms with Crippen molar-refractivity contribution in [2.45, 2.75) is 37.7 Å². The van der Waals surface area contributed by atoms with Crippen molar-refractivity contribution in [2.24, 2.45) is 0 Å². The number of hydrogen-bond donors (Lipinski definition) is 2. The number of benzene rings is 2. The van der Waals surface area contributed by atoms with Gasteiger partial charge in [0.15, 0.2) is 6.61 Å². The van der Waals surface area contributed by atoms with Crippen LogP contribution < -0.4 is 19.5 Å². The average molecular weight is 449 g/mol. The molecule has 2 N–H and O–H groups in total. The van der Waals surface area contributed by atoms with Crippen LogP contribution in [0.15, 0.2) is 47.4 Å². The highest BCUT2D eigenvalue weighted by Crippen LogP contribution is 2.24. The second-order valence-corrected chi connectivity index (χ2v) is 8.90. The van der Waals surface area contributed by atoms with Gasteiger partial charge in [-0.25, -0.2) is 8.42 Å². The van der Waals surface area contributed by atoms with E-state index in [0.29, 0.717) is 35.9 Å². The van der Waals surface area contributed by atoms with E-state index < -0.39 is 10.0 Å². The number of nitrogens with one attached hydrogen (secondary N) is 2. The number of aryl methyl sites for hydroxylation is 1. The van der Waals surface area contributed by atoms with Gasteiger partial charge in [0, 0.05) is 18.8 Å². The van der Waals surface area contributed by atoms with Gasteiger partial charge < -0.3 is 19.5 Å². The molecule has 1 amide bonds. The molecule has 0 spiro atoms. The van der Waals surface area contributed by atoms with E-state index in [-0.39, 0.29) is 23.5 Å². The maximum Gasteiger partial charge on any atom is 0.261 e. The van der Waals surface area contributed by atoms with E-state index in [0.717, 1.165) is 19.4 Å². The van der Waals surface area contributed by atoms with E-state index in [4.69, 9.17) is 14.2 Å². The average Bonchev–Trinajstić information content (AvgIpc) is 3.26. The van der Waals surface area contributed by atoms with Crippen molar-refractivity contribution >= 4 is 21.6 Å². The van der Waals surface area contributed by atoms with E-state index in [9.17, 15) is 13.2 Å². The van der Waals surface area contributed by atoms with Crippen molar-refractivity contribution in [3.05, 3.63) is 48.0 Å². The summed E-state index contributed by atoms with van der Waals surface area (Å²) in [5.41, 5.74) is 1.05. The largest absolute Gasteiger partial charge is 0.494 e. The number of anilines is 1. The van der Waals surface area contributed by atoms with Gasteiger partial charge in [-0.3, -0.25) is 9.52 Å². The van der Waals surface area contributed by atoms with Crippen LogP contribution in [0.25, 0.3) is 0 Å². The molecule has 0 unspecified atom stereocenters. The Hall–Kier alpha value is -2.78. The number of hydrogen-bond acceptors (Lipinski definition) is 6. The van der Waals surface area contributed by atoms with Gasteiger partial charge in [0.25, 0.3) is 15.9 Å². The van der Waals surface area contributed by atoms with Crippen molar-refractivity contribution in [1.82, 2.24) is 5.32 Å². The summed E-state index contributed by atoms with van der Waals surface area (Å²) in [6, 6.07) is 11.2. The Labute approximate surface area is 182 Å². The Balaban J connectivity index is 1.56. The minimum absolute atomic E-state index is 0.0676. The SMILES string of the molecule is CCOc1ccc(NS(=O)(=O)c2ccc(OCC(=O)NC[C@@H]3CCCO3)c(C)c2)cc1. The van der Waals surface area contributed by atoms with Crippen LogP contribution in [0.5, 0.6) is 11.5 Å². The van der Waals surface area contributed by atoms with Crippen molar-refractivity contribution in [2.75, 3.05) is 31.1 Å². The first-order valence-corrected chi connectivity index (χ1v) is 11.7. The molecule has 0 saturated carbocycles. The summed E-state index contributed by atoms with van der Waals surface area (Å²) in [4.78, 5) is 12.1. The Morgan fingerprint density at radius 3 is 2.58 bits per heavy atom. The first kappa shape index (κ1) is 22.9. The predicted molar refractivity (Wildman–Crippen MR) is 117 cm³/mol. The van der Waals surface area contributed by atoms with Gasteiger partial charge in [-0.2, -0.15) is 0 Å². The fourth-order valence-corrected chi connectivity index (χ4v) is 4.32. The highest BCUT2D eigenvalue weighted by molar-refractivity contribution is 7.92. The number of amides is 1. The molecule has 0 bridgehead atoms. The molecule has 168 valence electrons. The molecule has 9 heteroatoms. The van der Waals surface area contributed by atoms with Gasteiger partial charge in [0.1, 0.15) is 11.5 Å². The molecule has 3 rings (SSSR count). The lowest BCUT2D eigenvalue weighted by molar-refractivity contribution is -0.123. The molecule has 0 aliphatic carbocycles. The van der Waals surface area contributed by atoms with Crippen molar-refractivity contribution < 1.29 is 27.4 Å². The molecule has 1 saturated heterocycles. The summed E-state index contributed by atoms with van der Waals surface area (Å²) in [7, 11) is -3.77. The highest BCUT2D eigenvalue weighted by atomic mass is 32.2. The van der Waals surface area contributed by atoms with Gasteiger partial charge in [-0.05, 0) is 74.7 Å². The monoisotopic (exact) mass is 448 g/mol. The maximum absolute atomic E-state index is 12.7. The fraction of sp³-hybridized carbons (Fsp3) is 0.409. The first-order chi connectivity index (χ1) is 14.9. The summed E-state index contributed by atoms with van der Waals surface area (Å²) < 4.78 is 44.3. The molecule has 0 aromatic heterocycles. The van der Waals surface area contributed by atoms with Crippen LogP contribution in [-0.4, -0.2) is 46.8 Å². The molecule has 1 atom stereocenters. The zero-order valence-corrected chi connectivity index (χ0v) is 18.5. The molecule has 1 heterocycles. The summed E-state index contributed by atoms with van der Waals surface area (Å²) in [5.74, 6) is 0.874. The number of ether oxygens (including phenoxy) is 3. The fourth-order valence-electron chi connectivity index (χ4n) is 3.18. The molecule has 2 aromatic carbocycles. The quantitative estimate of drug-likeness (QED) is 0.579. The number of carbonyl (C=O) groups excluding carboxylic acids is 1. The van der Waals surface area contributed by atoms with Crippen LogP contribution in [0.3, 0.4) is 0 Å². The summed E-state index contributed by atoms with van der Waals surface area (Å²) in [5, 5.41) is 2.79. The first-order valence-electron chi connectivity index (χ1n) is 10.2. The second kappa shape index (κ2) is 10.5. The Bertz CT molecular complexity index is 986. The number of carbonyl (C=O) groups is 1. The smallest absolute Gasteiger partial charge is 0.261 e. The van der Waals surface area contributed by atoms with E-state index in [1.165, 1.54) is 12.1 Å². The van der Waals surface area contributed by atoms with Crippen LogP contribution in [-0.2, 0) is 19.6 Å². The van der Waals surface area contributed by atoms with Gasteiger partial charge >= 0.3 is 0 Å². The zero-order valence-electron chi connectivity index (χ0n) is 17.7. The maximum atomic E-state index is 12.7. The van der Waals surface area contributed by atoms with E-state index in [1.54, 1.807) is 37.3 Å². The van der Waals surface area contributed by atoms with Gasteiger partial charge in [-0.1, -0.05) is 0 Å². The molecular formula is C22H28N2O6S. The van der Waals surface area contributed by atoms with Crippen LogP contribution in [0.4, 0.5) is 5.69 Å².